The van der Waals surface area contributed by atoms with Crippen LogP contribution < -0.4 is 15.1 Å². The minimum atomic E-state index is -4.50. The summed E-state index contributed by atoms with van der Waals surface area (Å²) in [6.07, 6.45) is -3.64. The quantitative estimate of drug-likeness (QED) is 0.331. The number of ketones is 1. The molecular weight excluding hydrogens is 572 g/mol. The Labute approximate surface area is 253 Å². The van der Waals surface area contributed by atoms with Gasteiger partial charge in [0.15, 0.2) is 5.78 Å². The number of halogens is 4. The van der Waals surface area contributed by atoms with Crippen LogP contribution in [0.3, 0.4) is 0 Å². The number of amides is 1. The van der Waals surface area contributed by atoms with Crippen LogP contribution in [0.4, 0.5) is 34.6 Å². The number of para-hydroxylation sites is 2. The highest BCUT2D eigenvalue weighted by Crippen LogP contribution is 2.48. The third-order valence-electron chi connectivity index (χ3n) is 8.69. The molecule has 3 aliphatic rings. The molecule has 0 aromatic heterocycles. The van der Waals surface area contributed by atoms with E-state index in [1.165, 1.54) is 24.3 Å². The molecule has 2 heterocycles. The van der Waals surface area contributed by atoms with E-state index in [9.17, 15) is 27.2 Å². The second kappa shape index (κ2) is 11.3. The van der Waals surface area contributed by atoms with Gasteiger partial charge in [-0.25, -0.2) is 4.39 Å². The number of nitrogens with zero attached hydrogens (tertiary/aromatic N) is 3. The van der Waals surface area contributed by atoms with E-state index < -0.39 is 17.8 Å². The summed E-state index contributed by atoms with van der Waals surface area (Å²) in [6, 6.07) is 17.9. The number of carbonyl (C=O) groups is 2. The molecule has 1 unspecified atom stereocenters. The molecule has 3 aromatic rings. The Morgan fingerprint density at radius 1 is 0.909 bits per heavy atom. The van der Waals surface area contributed by atoms with Crippen LogP contribution in [0.1, 0.15) is 43.9 Å². The number of Topliss-reactive ketones (excluding diaryl/α,β-unsaturated/α-hetero) is 1. The van der Waals surface area contributed by atoms with Crippen LogP contribution in [-0.4, -0.2) is 49.3 Å². The Bertz CT molecular complexity index is 1590. The van der Waals surface area contributed by atoms with Gasteiger partial charge < -0.3 is 20.0 Å². The van der Waals surface area contributed by atoms with Gasteiger partial charge in [0.2, 0.25) is 5.91 Å². The van der Waals surface area contributed by atoms with Gasteiger partial charge in [-0.15, -0.1) is 0 Å². The van der Waals surface area contributed by atoms with Gasteiger partial charge in [-0.1, -0.05) is 38.1 Å². The summed E-state index contributed by atoms with van der Waals surface area (Å²) in [7, 11) is 0. The molecule has 1 amide bonds. The third-order valence-corrected chi connectivity index (χ3v) is 8.69. The maximum absolute atomic E-state index is 13.9. The topological polar surface area (TPSA) is 55.9 Å². The zero-order chi connectivity index (χ0) is 31.2. The number of piperazine rings is 1. The van der Waals surface area contributed by atoms with E-state index >= 15 is 0 Å². The maximum atomic E-state index is 13.9. The number of rotatable bonds is 4. The zero-order valence-electron chi connectivity index (χ0n) is 24.6. The molecular formula is C34H34F4N4O2. The summed E-state index contributed by atoms with van der Waals surface area (Å²) in [5.41, 5.74) is 2.93. The SMILES string of the molecule is CC1(C)CC(=O)C2=C(C1)Nc1ccccc1N(CC(=O)N1CCN(c3ccc(F)cc3)CC1)C2c1ccc(C(F)(F)F)cc1. The molecule has 1 aliphatic carbocycles. The maximum Gasteiger partial charge on any atom is 0.416 e. The van der Waals surface area contributed by atoms with Crippen LogP contribution in [0.25, 0.3) is 0 Å². The summed E-state index contributed by atoms with van der Waals surface area (Å²) in [6.45, 7) is 6.02. The van der Waals surface area contributed by atoms with Crippen LogP contribution in [-0.2, 0) is 15.8 Å². The number of alkyl halides is 3. The van der Waals surface area contributed by atoms with Gasteiger partial charge in [0, 0.05) is 49.6 Å². The fourth-order valence-electron chi connectivity index (χ4n) is 6.54. The minimum Gasteiger partial charge on any atom is -0.368 e. The molecule has 0 bridgehead atoms. The normalized spacial score (nSPS) is 20.1. The molecule has 2 aliphatic heterocycles. The molecule has 0 saturated carbocycles. The van der Waals surface area contributed by atoms with Crippen LogP contribution in [0.5, 0.6) is 0 Å². The van der Waals surface area contributed by atoms with Crippen molar-refractivity contribution in [2.45, 2.75) is 38.9 Å². The standard InChI is InChI=1S/C34H34F4N4O2/c1-33(2)19-27-31(29(43)20-33)32(22-7-9-23(10-8-22)34(36,37)38)42(28-6-4-3-5-26(28)39-27)21-30(44)41-17-15-40(16-18-41)25-13-11-24(35)12-14-25/h3-14,32,39H,15-21H2,1-2H3. The lowest BCUT2D eigenvalue weighted by Crippen LogP contribution is -2.52. The Morgan fingerprint density at radius 2 is 1.57 bits per heavy atom. The lowest BCUT2D eigenvalue weighted by atomic mass is 9.73. The first-order valence-electron chi connectivity index (χ1n) is 14.7. The number of hydrogen-bond acceptors (Lipinski definition) is 5. The Morgan fingerprint density at radius 3 is 2.23 bits per heavy atom. The molecule has 0 spiro atoms. The van der Waals surface area contributed by atoms with Gasteiger partial charge in [-0.2, -0.15) is 13.2 Å². The fourth-order valence-corrected chi connectivity index (χ4v) is 6.54. The zero-order valence-corrected chi connectivity index (χ0v) is 24.6. The van der Waals surface area contributed by atoms with Crippen LogP contribution in [0.15, 0.2) is 84.1 Å². The molecule has 1 fully saturated rings. The summed E-state index contributed by atoms with van der Waals surface area (Å²) in [4.78, 5) is 33.5. The van der Waals surface area contributed by atoms with Gasteiger partial charge in [-0.3, -0.25) is 9.59 Å². The number of benzene rings is 3. The van der Waals surface area contributed by atoms with E-state index in [0.29, 0.717) is 49.4 Å². The molecule has 6 rings (SSSR count). The number of carbonyl (C=O) groups excluding carboxylic acids is 2. The van der Waals surface area contributed by atoms with Gasteiger partial charge in [0.25, 0.3) is 0 Å². The molecule has 230 valence electrons. The van der Waals surface area contributed by atoms with Crippen molar-refractivity contribution >= 4 is 28.8 Å². The van der Waals surface area contributed by atoms with Crippen molar-refractivity contribution in [2.24, 2.45) is 5.41 Å². The first-order chi connectivity index (χ1) is 20.9. The number of fused-ring (bicyclic) bond motifs is 1. The molecule has 6 nitrogen and oxygen atoms in total. The Balaban J connectivity index is 1.36. The van der Waals surface area contributed by atoms with Crippen molar-refractivity contribution in [1.29, 1.82) is 0 Å². The minimum absolute atomic E-state index is 0.0750. The van der Waals surface area contributed by atoms with Gasteiger partial charge in [0.1, 0.15) is 5.82 Å². The second-order valence-corrected chi connectivity index (χ2v) is 12.5. The van der Waals surface area contributed by atoms with E-state index in [1.807, 2.05) is 43.0 Å². The summed E-state index contributed by atoms with van der Waals surface area (Å²) in [5, 5.41) is 3.47. The smallest absolute Gasteiger partial charge is 0.368 e. The highest BCUT2D eigenvalue weighted by Gasteiger charge is 2.42. The number of nitrogens with one attached hydrogen (secondary N) is 1. The highest BCUT2D eigenvalue weighted by atomic mass is 19.4. The van der Waals surface area contributed by atoms with Gasteiger partial charge in [-0.05, 0) is 65.9 Å². The predicted molar refractivity (Wildman–Crippen MR) is 162 cm³/mol. The molecule has 10 heteroatoms. The monoisotopic (exact) mass is 606 g/mol. The summed E-state index contributed by atoms with van der Waals surface area (Å²) >= 11 is 0. The van der Waals surface area contributed by atoms with Gasteiger partial charge in [0.05, 0.1) is 29.5 Å². The van der Waals surface area contributed by atoms with Crippen molar-refractivity contribution < 1.29 is 27.2 Å². The number of hydrogen-bond donors (Lipinski definition) is 1. The molecule has 3 aromatic carbocycles. The molecule has 0 radical (unpaired) electrons. The van der Waals surface area contributed by atoms with Crippen LogP contribution in [0, 0.1) is 11.2 Å². The van der Waals surface area contributed by atoms with E-state index in [2.05, 4.69) is 10.2 Å². The lowest BCUT2D eigenvalue weighted by Gasteiger charge is -2.40. The van der Waals surface area contributed by atoms with Crippen LogP contribution in [0.2, 0.25) is 0 Å². The van der Waals surface area contributed by atoms with E-state index in [4.69, 9.17) is 0 Å². The number of anilines is 3. The van der Waals surface area contributed by atoms with Crippen molar-refractivity contribution in [2.75, 3.05) is 47.8 Å². The second-order valence-electron chi connectivity index (χ2n) is 12.5. The number of allylic oxidation sites excluding steroid dienone is 1. The average molecular weight is 607 g/mol. The van der Waals surface area contributed by atoms with E-state index in [-0.39, 0.29) is 35.9 Å². The van der Waals surface area contributed by atoms with Crippen molar-refractivity contribution in [1.82, 2.24) is 4.90 Å². The summed E-state index contributed by atoms with van der Waals surface area (Å²) < 4.78 is 53.9. The third kappa shape index (κ3) is 5.89. The molecule has 1 atom stereocenters. The average Bonchev–Trinajstić information content (AvgIpc) is 3.11. The fraction of sp³-hybridized carbons (Fsp3) is 0.353. The molecule has 44 heavy (non-hydrogen) atoms. The van der Waals surface area contributed by atoms with Crippen molar-refractivity contribution in [3.63, 3.8) is 0 Å². The van der Waals surface area contributed by atoms with E-state index in [1.54, 1.807) is 17.0 Å². The summed E-state index contributed by atoms with van der Waals surface area (Å²) in [5.74, 6) is -0.550. The Kier molecular flexibility index (Phi) is 7.63. The first-order valence-corrected chi connectivity index (χ1v) is 14.7. The van der Waals surface area contributed by atoms with Crippen molar-refractivity contribution in [3.05, 3.63) is 101 Å². The van der Waals surface area contributed by atoms with Crippen LogP contribution >= 0.6 is 0 Å². The molecule has 1 N–H and O–H groups in total. The van der Waals surface area contributed by atoms with Gasteiger partial charge >= 0.3 is 6.18 Å². The lowest BCUT2D eigenvalue weighted by molar-refractivity contribution is -0.137. The first kappa shape index (κ1) is 29.7. The Hall–Kier alpha value is -4.34. The van der Waals surface area contributed by atoms with E-state index in [0.717, 1.165) is 29.2 Å². The predicted octanol–water partition coefficient (Wildman–Crippen LogP) is 6.81. The van der Waals surface area contributed by atoms with Crippen molar-refractivity contribution in [3.8, 4) is 0 Å². The highest BCUT2D eigenvalue weighted by molar-refractivity contribution is 6.02. The molecule has 1 saturated heterocycles. The largest absolute Gasteiger partial charge is 0.416 e.